The lowest BCUT2D eigenvalue weighted by atomic mass is 9.64. The summed E-state index contributed by atoms with van der Waals surface area (Å²) in [6.07, 6.45) is 1.74. The van der Waals surface area contributed by atoms with Crippen LogP contribution < -0.4 is 0 Å². The average molecular weight is 440 g/mol. The van der Waals surface area contributed by atoms with Crippen LogP contribution in [0.25, 0.3) is 0 Å². The minimum absolute atomic E-state index is 0.221. The van der Waals surface area contributed by atoms with Gasteiger partial charge in [0.1, 0.15) is 5.75 Å². The van der Waals surface area contributed by atoms with Crippen molar-refractivity contribution >= 4 is 11.9 Å². The molecular weight excluding hydrogens is 414 g/mol. The Kier molecular flexibility index (Phi) is 6.05. The van der Waals surface area contributed by atoms with Crippen LogP contribution in [0.1, 0.15) is 27.8 Å². The molecule has 0 aliphatic heterocycles. The van der Waals surface area contributed by atoms with E-state index in [1.54, 1.807) is 6.21 Å². The molecule has 0 fully saturated rings. The van der Waals surface area contributed by atoms with Gasteiger partial charge in [0.05, 0.1) is 11.1 Å². The Morgan fingerprint density at radius 3 is 1.41 bits per heavy atom. The summed E-state index contributed by atoms with van der Waals surface area (Å²) in [6, 6.07) is 46.8. The summed E-state index contributed by atoms with van der Waals surface area (Å²) in [5.41, 5.74) is 4.87. The van der Waals surface area contributed by atoms with Gasteiger partial charge in [-0.25, -0.2) is 0 Å². The van der Waals surface area contributed by atoms with E-state index in [9.17, 15) is 5.11 Å². The van der Waals surface area contributed by atoms with Crippen molar-refractivity contribution in [1.82, 2.24) is 0 Å². The van der Waals surface area contributed by atoms with Crippen LogP contribution in [0.15, 0.2) is 145 Å². The van der Waals surface area contributed by atoms with E-state index in [2.05, 4.69) is 41.4 Å². The molecule has 0 radical (unpaired) electrons. The van der Waals surface area contributed by atoms with Crippen molar-refractivity contribution in [3.8, 4) is 5.75 Å². The lowest BCUT2D eigenvalue weighted by molar-refractivity contribution is 0.459. The minimum Gasteiger partial charge on any atom is -0.507 e. The Morgan fingerprint density at radius 1 is 0.500 bits per heavy atom. The van der Waals surface area contributed by atoms with Crippen molar-refractivity contribution in [3.05, 3.63) is 167 Å². The molecule has 0 atom stereocenters. The number of phenolic OH excluding ortho intramolecular Hbond substituents is 1. The third kappa shape index (κ3) is 3.91. The molecule has 2 heteroatoms. The van der Waals surface area contributed by atoms with Gasteiger partial charge in [0, 0.05) is 17.3 Å². The molecule has 0 bridgehead atoms. The SMILES string of the molecule is Oc1c(C=Nc2ccccc2)cccc1C(c1ccccc1)(c1ccccc1)c1ccccc1. The first kappa shape index (κ1) is 21.4. The fourth-order valence-electron chi connectivity index (χ4n) is 4.66. The molecule has 34 heavy (non-hydrogen) atoms. The van der Waals surface area contributed by atoms with Crippen molar-refractivity contribution in [3.63, 3.8) is 0 Å². The maximum atomic E-state index is 11.7. The summed E-state index contributed by atoms with van der Waals surface area (Å²) in [5.74, 6) is 0.221. The van der Waals surface area contributed by atoms with Crippen molar-refractivity contribution in [2.24, 2.45) is 4.99 Å². The second-order valence-corrected chi connectivity index (χ2v) is 8.19. The highest BCUT2D eigenvalue weighted by Gasteiger charge is 2.40. The van der Waals surface area contributed by atoms with Gasteiger partial charge in [-0.05, 0) is 34.9 Å². The van der Waals surface area contributed by atoms with Crippen molar-refractivity contribution in [2.75, 3.05) is 0 Å². The molecule has 0 amide bonds. The number of aliphatic imine (C=N–C) groups is 1. The van der Waals surface area contributed by atoms with Crippen LogP contribution in [0.3, 0.4) is 0 Å². The molecule has 0 heterocycles. The first-order chi connectivity index (χ1) is 16.8. The van der Waals surface area contributed by atoms with Crippen LogP contribution in [0.2, 0.25) is 0 Å². The molecule has 0 spiro atoms. The Morgan fingerprint density at radius 2 is 0.941 bits per heavy atom. The first-order valence-electron chi connectivity index (χ1n) is 11.4. The molecule has 2 nitrogen and oxygen atoms in total. The lowest BCUT2D eigenvalue weighted by Gasteiger charge is -2.37. The van der Waals surface area contributed by atoms with Crippen molar-refractivity contribution < 1.29 is 5.11 Å². The molecule has 164 valence electrons. The number of nitrogens with zero attached hydrogens (tertiary/aromatic N) is 1. The standard InChI is InChI=1S/C32H25NO/c34-31-25(24-33-29-21-11-4-12-22-29)14-13-23-30(31)32(26-15-5-1-6-16-26,27-17-7-2-8-18-27)28-19-9-3-10-20-28/h1-24,34H. The molecule has 5 rings (SSSR count). The van der Waals surface area contributed by atoms with Crippen LogP contribution in [-0.2, 0) is 5.41 Å². The number of rotatable bonds is 6. The highest BCUT2D eigenvalue weighted by Crippen LogP contribution is 2.48. The van der Waals surface area contributed by atoms with Crippen molar-refractivity contribution in [2.45, 2.75) is 5.41 Å². The van der Waals surface area contributed by atoms with Gasteiger partial charge in [0.25, 0.3) is 0 Å². The predicted octanol–water partition coefficient (Wildman–Crippen LogP) is 7.53. The summed E-state index contributed by atoms with van der Waals surface area (Å²) < 4.78 is 0. The lowest BCUT2D eigenvalue weighted by Crippen LogP contribution is -2.31. The van der Waals surface area contributed by atoms with Gasteiger partial charge in [0.15, 0.2) is 0 Å². The predicted molar refractivity (Wildman–Crippen MR) is 140 cm³/mol. The van der Waals surface area contributed by atoms with Gasteiger partial charge in [0.2, 0.25) is 0 Å². The smallest absolute Gasteiger partial charge is 0.129 e. The third-order valence-corrected chi connectivity index (χ3v) is 6.20. The van der Waals surface area contributed by atoms with Gasteiger partial charge in [-0.15, -0.1) is 0 Å². The van der Waals surface area contributed by atoms with E-state index in [0.29, 0.717) is 5.56 Å². The quantitative estimate of drug-likeness (QED) is 0.215. The number of hydrogen-bond donors (Lipinski definition) is 1. The normalized spacial score (nSPS) is 11.5. The number of benzene rings is 5. The van der Waals surface area contributed by atoms with Gasteiger partial charge in [-0.3, -0.25) is 4.99 Å². The van der Waals surface area contributed by atoms with E-state index in [4.69, 9.17) is 0 Å². The number of aromatic hydroxyl groups is 1. The topological polar surface area (TPSA) is 32.6 Å². The summed E-state index contributed by atoms with van der Waals surface area (Å²) in [4.78, 5) is 4.59. The highest BCUT2D eigenvalue weighted by molar-refractivity contribution is 5.87. The van der Waals surface area contributed by atoms with Crippen LogP contribution in [0, 0.1) is 0 Å². The van der Waals surface area contributed by atoms with Crippen LogP contribution >= 0.6 is 0 Å². The summed E-state index contributed by atoms with van der Waals surface area (Å²) >= 11 is 0. The molecule has 0 saturated carbocycles. The Balaban J connectivity index is 1.80. The van der Waals surface area contributed by atoms with Gasteiger partial charge < -0.3 is 5.11 Å². The largest absolute Gasteiger partial charge is 0.507 e. The fourth-order valence-corrected chi connectivity index (χ4v) is 4.66. The minimum atomic E-state index is -0.704. The maximum Gasteiger partial charge on any atom is 0.129 e. The Labute approximate surface area is 200 Å². The maximum absolute atomic E-state index is 11.7. The van der Waals surface area contributed by atoms with Crippen LogP contribution in [0.5, 0.6) is 5.75 Å². The Hall–Kier alpha value is -4.43. The molecule has 0 unspecified atom stereocenters. The third-order valence-electron chi connectivity index (χ3n) is 6.20. The molecule has 0 saturated heterocycles. The number of phenols is 1. The Bertz CT molecular complexity index is 1280. The zero-order valence-electron chi connectivity index (χ0n) is 18.8. The van der Waals surface area contributed by atoms with Gasteiger partial charge in [-0.2, -0.15) is 0 Å². The van der Waals surface area contributed by atoms with Crippen molar-refractivity contribution in [1.29, 1.82) is 0 Å². The molecule has 5 aromatic rings. The highest BCUT2D eigenvalue weighted by atomic mass is 16.3. The average Bonchev–Trinajstić information content (AvgIpc) is 2.92. The zero-order valence-corrected chi connectivity index (χ0v) is 18.8. The summed E-state index contributed by atoms with van der Waals surface area (Å²) in [5, 5.41) is 11.7. The fraction of sp³-hybridized carbons (Fsp3) is 0.0312. The van der Waals surface area contributed by atoms with E-state index in [1.165, 1.54) is 0 Å². The monoisotopic (exact) mass is 439 g/mol. The van der Waals surface area contributed by atoms with E-state index >= 15 is 0 Å². The van der Waals surface area contributed by atoms with Gasteiger partial charge in [-0.1, -0.05) is 121 Å². The second-order valence-electron chi connectivity index (χ2n) is 8.19. The van der Waals surface area contributed by atoms with Crippen LogP contribution in [-0.4, -0.2) is 11.3 Å². The summed E-state index contributed by atoms with van der Waals surface area (Å²) in [6.45, 7) is 0. The summed E-state index contributed by atoms with van der Waals surface area (Å²) in [7, 11) is 0. The van der Waals surface area contributed by atoms with E-state index in [1.807, 2.05) is 103 Å². The van der Waals surface area contributed by atoms with E-state index in [-0.39, 0.29) is 5.75 Å². The molecule has 5 aromatic carbocycles. The molecule has 0 aromatic heterocycles. The first-order valence-corrected chi connectivity index (χ1v) is 11.4. The number of hydrogen-bond acceptors (Lipinski definition) is 2. The molecule has 1 N–H and O–H groups in total. The van der Waals surface area contributed by atoms with E-state index in [0.717, 1.165) is 27.9 Å². The van der Waals surface area contributed by atoms with Gasteiger partial charge >= 0.3 is 0 Å². The molecular formula is C32H25NO. The molecule has 0 aliphatic carbocycles. The zero-order chi connectivity index (χ0) is 23.2. The number of para-hydroxylation sites is 2. The van der Waals surface area contributed by atoms with E-state index < -0.39 is 5.41 Å². The second kappa shape index (κ2) is 9.60. The van der Waals surface area contributed by atoms with Crippen LogP contribution in [0.4, 0.5) is 5.69 Å². The molecule has 0 aliphatic rings.